The van der Waals surface area contributed by atoms with Crippen LogP contribution in [0.5, 0.6) is 0 Å². The molecule has 7 rings (SSSR count). The Kier molecular flexibility index (Phi) is 7.66. The molecule has 1 aliphatic carbocycles. The van der Waals surface area contributed by atoms with E-state index >= 15 is 0 Å². The Hall–Kier alpha value is -5.25. The molecule has 0 radical (unpaired) electrons. The number of nitriles is 1. The molecule has 240 valence electrons. The highest BCUT2D eigenvalue weighted by atomic mass is 16.3. The Labute approximate surface area is 271 Å². The van der Waals surface area contributed by atoms with Crippen molar-refractivity contribution in [3.05, 3.63) is 98.8 Å². The molecule has 0 unspecified atom stereocenters. The second-order valence-corrected chi connectivity index (χ2v) is 13.2. The lowest BCUT2D eigenvalue weighted by Crippen LogP contribution is -2.46. The Morgan fingerprint density at radius 3 is 2.55 bits per heavy atom. The summed E-state index contributed by atoms with van der Waals surface area (Å²) in [5, 5.41) is 22.7. The van der Waals surface area contributed by atoms with Gasteiger partial charge in [0, 0.05) is 74.8 Å². The Balaban J connectivity index is 1.19. The average molecular weight is 632 g/mol. The van der Waals surface area contributed by atoms with Gasteiger partial charge in [-0.25, -0.2) is 9.97 Å². The van der Waals surface area contributed by atoms with E-state index in [-0.39, 0.29) is 23.1 Å². The largest absolute Gasteiger partial charge is 0.392 e. The van der Waals surface area contributed by atoms with E-state index in [1.165, 1.54) is 20.4 Å². The number of piperazine rings is 1. The van der Waals surface area contributed by atoms with E-state index in [0.29, 0.717) is 46.1 Å². The molecule has 2 N–H and O–H groups in total. The predicted octanol–water partition coefficient (Wildman–Crippen LogP) is 3.25. The molecule has 6 heterocycles. The standard InChI is InChI=1S/C35H37N9O3/c1-35(2)18-23-17-29-34(47)44(15-14-43(29)30(23)19-35)32-27(22-45)26(6-8-37-32)24-16-28(33(46)40(3)21-24)39-31-5-4-25(20-38-31)42-12-10-41(9-7-36)11-13-42/h4-6,8,14-17,20-21,45H,9-13,18-19,22H2,1-3H3,(H,38,39). The second-order valence-electron chi connectivity index (χ2n) is 13.2. The smallest absolute Gasteiger partial charge is 0.280 e. The molecule has 0 aromatic carbocycles. The number of rotatable bonds is 7. The molecule has 5 aromatic heterocycles. The molecule has 2 aliphatic rings. The Bertz CT molecular complexity index is 2150. The highest BCUT2D eigenvalue weighted by Gasteiger charge is 2.32. The van der Waals surface area contributed by atoms with Gasteiger partial charge in [-0.2, -0.15) is 5.26 Å². The van der Waals surface area contributed by atoms with Crippen LogP contribution in [0.3, 0.4) is 0 Å². The quantitative estimate of drug-likeness (QED) is 0.260. The minimum Gasteiger partial charge on any atom is -0.392 e. The minimum atomic E-state index is -0.360. The van der Waals surface area contributed by atoms with Crippen LogP contribution in [0.25, 0.3) is 22.5 Å². The monoisotopic (exact) mass is 631 g/mol. The first-order valence-corrected chi connectivity index (χ1v) is 15.8. The summed E-state index contributed by atoms with van der Waals surface area (Å²) in [5.41, 5.74) is 5.77. The van der Waals surface area contributed by atoms with Gasteiger partial charge in [0.05, 0.1) is 31.1 Å². The van der Waals surface area contributed by atoms with E-state index in [1.54, 1.807) is 44.0 Å². The number of aromatic nitrogens is 5. The van der Waals surface area contributed by atoms with Crippen molar-refractivity contribution in [2.75, 3.05) is 42.9 Å². The van der Waals surface area contributed by atoms with Crippen molar-refractivity contribution in [2.24, 2.45) is 12.5 Å². The topological polar surface area (TPSA) is 137 Å². The summed E-state index contributed by atoms with van der Waals surface area (Å²) in [6.07, 6.45) is 10.5. The maximum atomic E-state index is 13.8. The molecule has 5 aromatic rings. The van der Waals surface area contributed by atoms with E-state index in [2.05, 4.69) is 45.0 Å². The summed E-state index contributed by atoms with van der Waals surface area (Å²) in [6.45, 7) is 7.81. The first-order valence-electron chi connectivity index (χ1n) is 15.8. The summed E-state index contributed by atoms with van der Waals surface area (Å²) >= 11 is 0. The number of pyridine rings is 3. The molecule has 0 amide bonds. The molecule has 12 nitrogen and oxygen atoms in total. The molecule has 0 atom stereocenters. The summed E-state index contributed by atoms with van der Waals surface area (Å²) in [4.78, 5) is 40.4. The van der Waals surface area contributed by atoms with Crippen molar-refractivity contribution in [2.45, 2.75) is 33.3 Å². The average Bonchev–Trinajstić information content (AvgIpc) is 3.56. The van der Waals surface area contributed by atoms with Crippen molar-refractivity contribution >= 4 is 22.7 Å². The molecule has 1 aliphatic heterocycles. The molecule has 0 bridgehead atoms. The maximum absolute atomic E-state index is 13.8. The first-order chi connectivity index (χ1) is 22.7. The van der Waals surface area contributed by atoms with Crippen molar-refractivity contribution < 1.29 is 5.11 Å². The number of hydrogen-bond donors (Lipinski definition) is 2. The maximum Gasteiger partial charge on any atom is 0.280 e. The van der Waals surface area contributed by atoms with E-state index < -0.39 is 0 Å². The molecular formula is C35H37N9O3. The number of aliphatic hydroxyl groups excluding tert-OH is 1. The van der Waals surface area contributed by atoms with Gasteiger partial charge in [0.1, 0.15) is 22.8 Å². The lowest BCUT2D eigenvalue weighted by atomic mass is 9.90. The van der Waals surface area contributed by atoms with Crippen LogP contribution in [0.1, 0.15) is 30.7 Å². The molecule has 1 fully saturated rings. The zero-order valence-corrected chi connectivity index (χ0v) is 26.8. The summed E-state index contributed by atoms with van der Waals surface area (Å²) in [7, 11) is 1.67. The minimum absolute atomic E-state index is 0.166. The molecule has 0 spiro atoms. The zero-order chi connectivity index (χ0) is 32.9. The van der Waals surface area contributed by atoms with Crippen LogP contribution >= 0.6 is 0 Å². The second kappa shape index (κ2) is 11.8. The van der Waals surface area contributed by atoms with E-state index in [0.717, 1.165) is 44.7 Å². The number of fused-ring (bicyclic) bond motifs is 3. The van der Waals surface area contributed by atoms with Crippen molar-refractivity contribution in [3.63, 3.8) is 0 Å². The third-order valence-corrected chi connectivity index (χ3v) is 9.31. The van der Waals surface area contributed by atoms with Crippen LogP contribution in [0.2, 0.25) is 0 Å². The van der Waals surface area contributed by atoms with Gasteiger partial charge in [0.2, 0.25) is 0 Å². The number of hydrogen-bond acceptors (Lipinski definition) is 9. The van der Waals surface area contributed by atoms with Gasteiger partial charge in [-0.3, -0.25) is 19.1 Å². The van der Waals surface area contributed by atoms with E-state index in [1.807, 2.05) is 28.8 Å². The lowest BCUT2D eigenvalue weighted by Gasteiger charge is -2.34. The zero-order valence-electron chi connectivity index (χ0n) is 26.8. The van der Waals surface area contributed by atoms with Crippen molar-refractivity contribution in [1.82, 2.24) is 28.4 Å². The third-order valence-electron chi connectivity index (χ3n) is 9.31. The molecule has 0 saturated carbocycles. The van der Waals surface area contributed by atoms with Gasteiger partial charge in [0.15, 0.2) is 0 Å². The predicted molar refractivity (Wildman–Crippen MR) is 180 cm³/mol. The normalized spacial score (nSPS) is 15.9. The number of aliphatic hydroxyl groups is 1. The van der Waals surface area contributed by atoms with Crippen LogP contribution in [0.15, 0.2) is 70.9 Å². The fraction of sp³-hybridized carbons (Fsp3) is 0.343. The van der Waals surface area contributed by atoms with E-state index in [9.17, 15) is 14.7 Å². The highest BCUT2D eigenvalue weighted by molar-refractivity contribution is 5.73. The van der Waals surface area contributed by atoms with Gasteiger partial charge >= 0.3 is 0 Å². The SMILES string of the molecule is Cn1cc(-c2ccnc(-n3ccn4c5c(cc4c3=O)CC(C)(C)C5)c2CO)cc(Nc2ccc(N3CCN(CC#N)CC3)cn2)c1=O. The summed E-state index contributed by atoms with van der Waals surface area (Å²) in [6, 6.07) is 11.5. The van der Waals surface area contributed by atoms with Gasteiger partial charge < -0.3 is 24.3 Å². The number of nitrogens with zero attached hydrogens (tertiary/aromatic N) is 8. The van der Waals surface area contributed by atoms with E-state index in [4.69, 9.17) is 5.26 Å². The number of nitrogens with one attached hydrogen (secondary N) is 1. The van der Waals surface area contributed by atoms with Crippen LogP contribution in [0, 0.1) is 16.7 Å². The third kappa shape index (κ3) is 5.58. The fourth-order valence-electron chi connectivity index (χ4n) is 6.94. The molecular weight excluding hydrogens is 594 g/mol. The Morgan fingerprint density at radius 2 is 1.83 bits per heavy atom. The highest BCUT2D eigenvalue weighted by Crippen LogP contribution is 2.37. The van der Waals surface area contributed by atoms with Crippen LogP contribution in [-0.2, 0) is 26.5 Å². The fourth-order valence-corrected chi connectivity index (χ4v) is 6.94. The molecule has 47 heavy (non-hydrogen) atoms. The van der Waals surface area contributed by atoms with Gasteiger partial charge in [-0.05, 0) is 59.7 Å². The van der Waals surface area contributed by atoms with Gasteiger partial charge in [-0.1, -0.05) is 13.8 Å². The molecule has 1 saturated heterocycles. The van der Waals surface area contributed by atoms with Crippen molar-refractivity contribution in [1.29, 1.82) is 5.26 Å². The lowest BCUT2D eigenvalue weighted by molar-refractivity contribution is 0.281. The van der Waals surface area contributed by atoms with Crippen molar-refractivity contribution in [3.8, 4) is 23.0 Å². The number of aryl methyl sites for hydroxylation is 1. The number of anilines is 3. The Morgan fingerprint density at radius 1 is 1.02 bits per heavy atom. The molecule has 12 heteroatoms. The van der Waals surface area contributed by atoms with Gasteiger partial charge in [0.25, 0.3) is 11.1 Å². The summed E-state index contributed by atoms with van der Waals surface area (Å²) in [5.74, 6) is 0.861. The first kappa shape index (κ1) is 30.4. The van der Waals surface area contributed by atoms with Crippen LogP contribution in [-0.4, -0.2) is 66.2 Å². The van der Waals surface area contributed by atoms with Gasteiger partial charge in [-0.15, -0.1) is 0 Å². The summed E-state index contributed by atoms with van der Waals surface area (Å²) < 4.78 is 4.95. The van der Waals surface area contributed by atoms with Crippen LogP contribution < -0.4 is 21.3 Å². The van der Waals surface area contributed by atoms with Crippen LogP contribution in [0.4, 0.5) is 17.2 Å².